The average molecular weight is 347 g/mol. The van der Waals surface area contributed by atoms with Crippen LogP contribution < -0.4 is 5.56 Å². The normalized spacial score (nSPS) is 11.7. The van der Waals surface area contributed by atoms with Crippen LogP contribution in [0.2, 0.25) is 0 Å². The summed E-state index contributed by atoms with van der Waals surface area (Å²) in [5, 5.41) is 4.38. The molecular weight excluding hydrogens is 331 g/mol. The first-order valence-corrected chi connectivity index (χ1v) is 7.64. The average Bonchev–Trinajstić information content (AvgIpc) is 2.88. The number of rotatable bonds is 3. The van der Waals surface area contributed by atoms with Crippen LogP contribution in [0.5, 0.6) is 0 Å². The summed E-state index contributed by atoms with van der Waals surface area (Å²) >= 11 is 0. The van der Waals surface area contributed by atoms with Crippen molar-refractivity contribution in [1.82, 2.24) is 14.3 Å². The lowest BCUT2D eigenvalue weighted by Crippen LogP contribution is -2.21. The number of alkyl halides is 3. The van der Waals surface area contributed by atoms with Crippen LogP contribution in [0.1, 0.15) is 22.5 Å². The molecule has 0 amide bonds. The second-order valence-corrected chi connectivity index (χ2v) is 5.89. The molecule has 0 radical (unpaired) electrons. The van der Waals surface area contributed by atoms with E-state index in [9.17, 15) is 18.0 Å². The fourth-order valence-electron chi connectivity index (χ4n) is 2.65. The van der Waals surface area contributed by atoms with Crippen molar-refractivity contribution in [2.45, 2.75) is 26.6 Å². The fourth-order valence-corrected chi connectivity index (χ4v) is 2.65. The van der Waals surface area contributed by atoms with Gasteiger partial charge in [0, 0.05) is 18.0 Å². The fraction of sp³-hybridized carbons (Fsp3) is 0.222. The predicted octanol–water partition coefficient (Wildman–Crippen LogP) is 3.72. The molecule has 0 saturated carbocycles. The van der Waals surface area contributed by atoms with Gasteiger partial charge in [-0.3, -0.25) is 4.79 Å². The molecule has 0 aliphatic rings. The molecule has 3 aromatic rings. The smallest absolute Gasteiger partial charge is 0.311 e. The summed E-state index contributed by atoms with van der Waals surface area (Å²) < 4.78 is 41.2. The first kappa shape index (κ1) is 17.0. The van der Waals surface area contributed by atoms with E-state index >= 15 is 0 Å². The van der Waals surface area contributed by atoms with E-state index < -0.39 is 17.3 Å². The largest absolute Gasteiger partial charge is 0.417 e. The third-order valence-electron chi connectivity index (χ3n) is 3.85. The van der Waals surface area contributed by atoms with Gasteiger partial charge in [-0.25, -0.2) is 4.68 Å². The Balaban J connectivity index is 1.87. The number of hydrogen-bond donors (Lipinski definition) is 0. The number of halogens is 3. The quantitative estimate of drug-likeness (QED) is 0.724. The summed E-state index contributed by atoms with van der Waals surface area (Å²) in [6.07, 6.45) is -3.63. The monoisotopic (exact) mass is 347 g/mol. The standard InChI is InChI=1S/C18H16F3N3O/c1-12-9-13(2)24(22-12)16-6-3-14(4-7-16)10-23-11-15(18(19,20)21)5-8-17(23)25/h3-9,11H,10H2,1-2H3. The zero-order valence-electron chi connectivity index (χ0n) is 13.7. The molecule has 0 bridgehead atoms. The van der Waals surface area contributed by atoms with Crippen LogP contribution >= 0.6 is 0 Å². The number of aryl methyl sites for hydroxylation is 2. The maximum absolute atomic E-state index is 12.8. The van der Waals surface area contributed by atoms with Gasteiger partial charge in [0.15, 0.2) is 0 Å². The lowest BCUT2D eigenvalue weighted by molar-refractivity contribution is -0.138. The van der Waals surface area contributed by atoms with E-state index in [1.807, 2.05) is 32.0 Å². The van der Waals surface area contributed by atoms with Gasteiger partial charge in [-0.1, -0.05) is 12.1 Å². The van der Waals surface area contributed by atoms with Crippen molar-refractivity contribution in [3.8, 4) is 5.69 Å². The van der Waals surface area contributed by atoms with E-state index in [1.165, 1.54) is 0 Å². The molecule has 25 heavy (non-hydrogen) atoms. The molecular formula is C18H16F3N3O. The Kier molecular flexibility index (Phi) is 4.24. The van der Waals surface area contributed by atoms with Crippen LogP contribution in [0.25, 0.3) is 5.69 Å². The maximum atomic E-state index is 12.8. The SMILES string of the molecule is Cc1cc(C)n(-c2ccc(Cn3cc(C(F)(F)F)ccc3=O)cc2)n1. The number of aromatic nitrogens is 3. The molecule has 7 heteroatoms. The van der Waals surface area contributed by atoms with Crippen molar-refractivity contribution >= 4 is 0 Å². The predicted molar refractivity (Wildman–Crippen MR) is 87.8 cm³/mol. The van der Waals surface area contributed by atoms with E-state index in [0.717, 1.165) is 45.5 Å². The van der Waals surface area contributed by atoms with Crippen LogP contribution in [0, 0.1) is 13.8 Å². The van der Waals surface area contributed by atoms with Gasteiger partial charge in [0.2, 0.25) is 0 Å². The highest BCUT2D eigenvalue weighted by Crippen LogP contribution is 2.28. The third kappa shape index (κ3) is 3.65. The van der Waals surface area contributed by atoms with Gasteiger partial charge >= 0.3 is 6.18 Å². The number of pyridine rings is 1. The van der Waals surface area contributed by atoms with E-state index in [2.05, 4.69) is 5.10 Å². The van der Waals surface area contributed by atoms with E-state index in [0.29, 0.717) is 0 Å². The molecule has 2 aromatic heterocycles. The molecule has 4 nitrogen and oxygen atoms in total. The van der Waals surface area contributed by atoms with E-state index in [4.69, 9.17) is 0 Å². The molecule has 0 aliphatic heterocycles. The number of benzene rings is 1. The summed E-state index contributed by atoms with van der Waals surface area (Å²) in [6.45, 7) is 3.91. The first-order chi connectivity index (χ1) is 11.7. The van der Waals surface area contributed by atoms with Crippen molar-refractivity contribution < 1.29 is 13.2 Å². The van der Waals surface area contributed by atoms with Gasteiger partial charge in [0.1, 0.15) is 0 Å². The lowest BCUT2D eigenvalue weighted by Gasteiger charge is -2.11. The summed E-state index contributed by atoms with van der Waals surface area (Å²) in [7, 11) is 0. The minimum Gasteiger partial charge on any atom is -0.311 e. The molecule has 2 heterocycles. The van der Waals surface area contributed by atoms with Crippen LogP contribution in [0.3, 0.4) is 0 Å². The van der Waals surface area contributed by atoms with Gasteiger partial charge in [-0.2, -0.15) is 18.3 Å². The Morgan fingerprint density at radius 2 is 1.72 bits per heavy atom. The Labute approximate surface area is 142 Å². The van der Waals surface area contributed by atoms with Crippen molar-refractivity contribution in [3.63, 3.8) is 0 Å². The molecule has 0 aliphatic carbocycles. The summed E-state index contributed by atoms with van der Waals surface area (Å²) in [6, 6.07) is 10.9. The van der Waals surface area contributed by atoms with Crippen molar-refractivity contribution in [2.75, 3.05) is 0 Å². The highest BCUT2D eigenvalue weighted by atomic mass is 19.4. The van der Waals surface area contributed by atoms with Gasteiger partial charge < -0.3 is 4.57 Å². The molecule has 0 unspecified atom stereocenters. The van der Waals surface area contributed by atoms with Crippen molar-refractivity contribution in [1.29, 1.82) is 0 Å². The third-order valence-corrected chi connectivity index (χ3v) is 3.85. The van der Waals surface area contributed by atoms with Gasteiger partial charge in [0.25, 0.3) is 5.56 Å². The highest BCUT2D eigenvalue weighted by Gasteiger charge is 2.31. The minimum absolute atomic E-state index is 0.0696. The van der Waals surface area contributed by atoms with E-state index in [1.54, 1.807) is 16.8 Å². The Morgan fingerprint density at radius 1 is 1.04 bits per heavy atom. The Hall–Kier alpha value is -2.83. The maximum Gasteiger partial charge on any atom is 0.417 e. The van der Waals surface area contributed by atoms with Crippen molar-refractivity contribution in [3.05, 3.63) is 81.5 Å². The summed E-state index contributed by atoms with van der Waals surface area (Å²) in [5.41, 5.74) is 2.15. The molecule has 1 aromatic carbocycles. The second kappa shape index (κ2) is 6.23. The number of hydrogen-bond acceptors (Lipinski definition) is 2. The summed E-state index contributed by atoms with van der Waals surface area (Å²) in [4.78, 5) is 11.8. The molecule has 0 N–H and O–H groups in total. The molecule has 0 fully saturated rings. The van der Waals surface area contributed by atoms with Crippen LogP contribution in [0.4, 0.5) is 13.2 Å². The van der Waals surface area contributed by atoms with Crippen LogP contribution in [-0.2, 0) is 12.7 Å². The zero-order valence-corrected chi connectivity index (χ0v) is 13.7. The minimum atomic E-state index is -4.48. The Morgan fingerprint density at radius 3 is 2.28 bits per heavy atom. The first-order valence-electron chi connectivity index (χ1n) is 7.64. The lowest BCUT2D eigenvalue weighted by atomic mass is 10.2. The van der Waals surface area contributed by atoms with E-state index in [-0.39, 0.29) is 6.54 Å². The molecule has 3 rings (SSSR count). The topological polar surface area (TPSA) is 39.8 Å². The zero-order chi connectivity index (χ0) is 18.2. The molecule has 0 atom stereocenters. The molecule has 130 valence electrons. The highest BCUT2D eigenvalue weighted by molar-refractivity contribution is 5.36. The molecule has 0 spiro atoms. The Bertz CT molecular complexity index is 953. The van der Waals surface area contributed by atoms with Crippen LogP contribution in [-0.4, -0.2) is 14.3 Å². The van der Waals surface area contributed by atoms with Crippen molar-refractivity contribution in [2.24, 2.45) is 0 Å². The van der Waals surface area contributed by atoms with Crippen LogP contribution in [0.15, 0.2) is 53.5 Å². The number of nitrogens with zero attached hydrogens (tertiary/aromatic N) is 3. The van der Waals surface area contributed by atoms with Gasteiger partial charge in [0.05, 0.1) is 23.5 Å². The van der Waals surface area contributed by atoms with Gasteiger partial charge in [-0.15, -0.1) is 0 Å². The summed E-state index contributed by atoms with van der Waals surface area (Å²) in [5.74, 6) is 0. The molecule has 0 saturated heterocycles. The van der Waals surface area contributed by atoms with Gasteiger partial charge in [-0.05, 0) is 43.7 Å². The second-order valence-electron chi connectivity index (χ2n) is 5.89.